The van der Waals surface area contributed by atoms with Crippen molar-refractivity contribution in [3.63, 3.8) is 0 Å². The lowest BCUT2D eigenvalue weighted by molar-refractivity contribution is -0.116. The molecule has 0 fully saturated rings. The van der Waals surface area contributed by atoms with E-state index in [0.29, 0.717) is 28.7 Å². The van der Waals surface area contributed by atoms with Crippen molar-refractivity contribution in [2.75, 3.05) is 31.2 Å². The minimum Gasteiger partial charge on any atom is -0.399 e. The quantitative estimate of drug-likeness (QED) is 0.760. The van der Waals surface area contributed by atoms with E-state index in [-0.39, 0.29) is 5.91 Å². The number of nitrogen functional groups attached to an aromatic ring is 1. The number of nitrogens with two attached hydrogens (primary N) is 1. The monoisotopic (exact) mass is 297 g/mol. The molecule has 0 aromatic heterocycles. The molecule has 1 aromatic carbocycles. The number of carbonyl (C=O) groups is 1. The molecule has 0 spiro atoms. The van der Waals surface area contributed by atoms with Crippen LogP contribution in [0.5, 0.6) is 0 Å². The van der Waals surface area contributed by atoms with E-state index in [1.807, 2.05) is 0 Å². The summed E-state index contributed by atoms with van der Waals surface area (Å²) in [6, 6.07) is 5.08. The zero-order valence-corrected chi connectivity index (χ0v) is 13.2. The van der Waals surface area contributed by atoms with Crippen LogP contribution in [0.2, 0.25) is 5.02 Å². The highest BCUT2D eigenvalue weighted by Gasteiger charge is 2.07. The smallest absolute Gasteiger partial charge is 0.224 e. The van der Waals surface area contributed by atoms with E-state index in [0.717, 1.165) is 19.5 Å². The predicted octanol–water partition coefficient (Wildman–Crippen LogP) is 3.23. The molecule has 0 atom stereocenters. The molecular formula is C15H24ClN3O. The average molecular weight is 298 g/mol. The number of carbonyl (C=O) groups excluding carboxylic acids is 1. The molecule has 0 saturated heterocycles. The summed E-state index contributed by atoms with van der Waals surface area (Å²) in [6.45, 7) is 6.34. The second-order valence-electron chi connectivity index (χ2n) is 5.55. The first-order chi connectivity index (χ1) is 9.38. The van der Waals surface area contributed by atoms with Crippen LogP contribution in [0.4, 0.5) is 11.4 Å². The summed E-state index contributed by atoms with van der Waals surface area (Å²) in [6.07, 6.45) is 1.32. The molecule has 0 aliphatic carbocycles. The van der Waals surface area contributed by atoms with Crippen LogP contribution in [0.15, 0.2) is 18.2 Å². The Labute approximate surface area is 126 Å². The molecule has 0 saturated carbocycles. The summed E-state index contributed by atoms with van der Waals surface area (Å²) in [5.74, 6) is 0.622. The summed E-state index contributed by atoms with van der Waals surface area (Å²) in [7, 11) is 2.08. The van der Waals surface area contributed by atoms with Crippen LogP contribution >= 0.6 is 11.6 Å². The Kier molecular flexibility index (Phi) is 6.82. The largest absolute Gasteiger partial charge is 0.399 e. The second-order valence-corrected chi connectivity index (χ2v) is 5.95. The first-order valence-corrected chi connectivity index (χ1v) is 7.29. The van der Waals surface area contributed by atoms with Crippen molar-refractivity contribution in [2.45, 2.75) is 26.7 Å². The normalized spacial score (nSPS) is 11.1. The SMILES string of the molecule is CC(C)CN(C)CCCC(=O)Nc1ccc(N)cc1Cl. The number of amides is 1. The zero-order chi connectivity index (χ0) is 15.1. The van der Waals surface area contributed by atoms with E-state index in [2.05, 4.69) is 31.1 Å². The van der Waals surface area contributed by atoms with Crippen molar-refractivity contribution in [3.8, 4) is 0 Å². The Morgan fingerprint density at radius 2 is 2.15 bits per heavy atom. The number of rotatable bonds is 7. The lowest BCUT2D eigenvalue weighted by Crippen LogP contribution is -2.25. The molecule has 5 heteroatoms. The molecule has 0 aliphatic heterocycles. The number of halogens is 1. The summed E-state index contributed by atoms with van der Waals surface area (Å²) < 4.78 is 0. The van der Waals surface area contributed by atoms with E-state index < -0.39 is 0 Å². The highest BCUT2D eigenvalue weighted by atomic mass is 35.5. The fourth-order valence-corrected chi connectivity index (χ4v) is 2.31. The fraction of sp³-hybridized carbons (Fsp3) is 0.533. The third-order valence-electron chi connectivity index (χ3n) is 2.89. The maximum atomic E-state index is 11.8. The molecule has 112 valence electrons. The van der Waals surface area contributed by atoms with E-state index >= 15 is 0 Å². The van der Waals surface area contributed by atoms with Crippen LogP contribution in [0.3, 0.4) is 0 Å². The lowest BCUT2D eigenvalue weighted by atomic mass is 10.2. The van der Waals surface area contributed by atoms with Gasteiger partial charge < -0.3 is 16.0 Å². The minimum absolute atomic E-state index is 0.0189. The molecule has 0 radical (unpaired) electrons. The molecule has 1 rings (SSSR count). The molecule has 0 aliphatic rings. The van der Waals surface area contributed by atoms with Crippen molar-refractivity contribution in [3.05, 3.63) is 23.2 Å². The van der Waals surface area contributed by atoms with Crippen LogP contribution in [0.1, 0.15) is 26.7 Å². The van der Waals surface area contributed by atoms with Gasteiger partial charge in [-0.25, -0.2) is 0 Å². The van der Waals surface area contributed by atoms with Crippen molar-refractivity contribution in [2.24, 2.45) is 5.92 Å². The van der Waals surface area contributed by atoms with Crippen molar-refractivity contribution in [1.29, 1.82) is 0 Å². The number of nitrogens with one attached hydrogen (secondary N) is 1. The van der Waals surface area contributed by atoms with Gasteiger partial charge in [-0.2, -0.15) is 0 Å². The van der Waals surface area contributed by atoms with Gasteiger partial charge in [-0.1, -0.05) is 25.4 Å². The summed E-state index contributed by atoms with van der Waals surface area (Å²) in [5.41, 5.74) is 6.81. The summed E-state index contributed by atoms with van der Waals surface area (Å²) >= 11 is 6.01. The Morgan fingerprint density at radius 1 is 1.45 bits per heavy atom. The standard InChI is InChI=1S/C15H24ClN3O/c1-11(2)10-19(3)8-4-5-15(20)18-14-7-6-12(17)9-13(14)16/h6-7,9,11H,4-5,8,10,17H2,1-3H3,(H,18,20). The summed E-state index contributed by atoms with van der Waals surface area (Å²) in [5, 5.41) is 3.27. The number of hydrogen-bond acceptors (Lipinski definition) is 3. The Hall–Kier alpha value is -1.26. The second kappa shape index (κ2) is 8.12. The number of nitrogens with zero attached hydrogens (tertiary/aromatic N) is 1. The summed E-state index contributed by atoms with van der Waals surface area (Å²) in [4.78, 5) is 14.1. The molecule has 3 N–H and O–H groups in total. The fourth-order valence-electron chi connectivity index (χ4n) is 2.07. The maximum absolute atomic E-state index is 11.8. The molecule has 0 unspecified atom stereocenters. The van der Waals surface area contributed by atoms with Gasteiger partial charge in [0.1, 0.15) is 0 Å². The molecule has 20 heavy (non-hydrogen) atoms. The molecule has 0 heterocycles. The average Bonchev–Trinajstić information content (AvgIpc) is 2.31. The highest BCUT2D eigenvalue weighted by molar-refractivity contribution is 6.34. The number of anilines is 2. The number of benzene rings is 1. The van der Waals surface area contributed by atoms with E-state index in [4.69, 9.17) is 17.3 Å². The molecular weight excluding hydrogens is 274 g/mol. The molecule has 1 aromatic rings. The van der Waals surface area contributed by atoms with Crippen molar-refractivity contribution in [1.82, 2.24) is 4.90 Å². The van der Waals surface area contributed by atoms with Gasteiger partial charge in [0.2, 0.25) is 5.91 Å². The highest BCUT2D eigenvalue weighted by Crippen LogP contribution is 2.24. The maximum Gasteiger partial charge on any atom is 0.224 e. The Morgan fingerprint density at radius 3 is 2.75 bits per heavy atom. The van der Waals surface area contributed by atoms with Crippen molar-refractivity contribution < 1.29 is 4.79 Å². The van der Waals surface area contributed by atoms with Crippen LogP contribution in [-0.4, -0.2) is 30.9 Å². The first-order valence-electron chi connectivity index (χ1n) is 6.92. The van der Waals surface area contributed by atoms with E-state index in [1.165, 1.54) is 0 Å². The van der Waals surface area contributed by atoms with Gasteiger partial charge in [0, 0.05) is 18.7 Å². The predicted molar refractivity (Wildman–Crippen MR) is 86.1 cm³/mol. The van der Waals surface area contributed by atoms with E-state index in [9.17, 15) is 4.79 Å². The zero-order valence-electron chi connectivity index (χ0n) is 12.4. The first kappa shape index (κ1) is 16.8. The van der Waals surface area contributed by atoms with Crippen molar-refractivity contribution >= 4 is 28.9 Å². The van der Waals surface area contributed by atoms with Gasteiger partial charge in [0.05, 0.1) is 10.7 Å². The van der Waals surface area contributed by atoms with Gasteiger partial charge in [-0.3, -0.25) is 4.79 Å². The van der Waals surface area contributed by atoms with Gasteiger partial charge in [0.25, 0.3) is 0 Å². The third kappa shape index (κ3) is 6.26. The van der Waals surface area contributed by atoms with Gasteiger partial charge >= 0.3 is 0 Å². The topological polar surface area (TPSA) is 58.4 Å². The van der Waals surface area contributed by atoms with E-state index in [1.54, 1.807) is 18.2 Å². The van der Waals surface area contributed by atoms with Crippen LogP contribution in [-0.2, 0) is 4.79 Å². The molecule has 1 amide bonds. The Bertz CT molecular complexity index is 449. The van der Waals surface area contributed by atoms with Crippen LogP contribution < -0.4 is 11.1 Å². The van der Waals surface area contributed by atoms with Gasteiger partial charge in [-0.05, 0) is 44.1 Å². The Balaban J connectivity index is 2.33. The van der Waals surface area contributed by atoms with Crippen LogP contribution in [0, 0.1) is 5.92 Å². The van der Waals surface area contributed by atoms with Gasteiger partial charge in [-0.15, -0.1) is 0 Å². The minimum atomic E-state index is -0.0189. The van der Waals surface area contributed by atoms with Crippen LogP contribution in [0.25, 0.3) is 0 Å². The lowest BCUT2D eigenvalue weighted by Gasteiger charge is -2.18. The number of hydrogen-bond donors (Lipinski definition) is 2. The van der Waals surface area contributed by atoms with Gasteiger partial charge in [0.15, 0.2) is 0 Å². The molecule has 0 bridgehead atoms. The third-order valence-corrected chi connectivity index (χ3v) is 3.20. The molecule has 4 nitrogen and oxygen atoms in total.